The van der Waals surface area contributed by atoms with Crippen LogP contribution < -0.4 is 5.73 Å². The van der Waals surface area contributed by atoms with Gasteiger partial charge in [-0.2, -0.15) is 0 Å². The summed E-state index contributed by atoms with van der Waals surface area (Å²) in [5.74, 6) is 0.0794. The molecule has 0 aliphatic rings. The fourth-order valence-electron chi connectivity index (χ4n) is 1.41. The summed E-state index contributed by atoms with van der Waals surface area (Å²) in [6.07, 6.45) is 1.98. The van der Waals surface area contributed by atoms with Crippen molar-refractivity contribution in [2.45, 2.75) is 20.5 Å². The van der Waals surface area contributed by atoms with Gasteiger partial charge in [0.2, 0.25) is 0 Å². The van der Waals surface area contributed by atoms with Crippen LogP contribution in [0.25, 0.3) is 0 Å². The second kappa shape index (κ2) is 5.73. The first-order valence-electron chi connectivity index (χ1n) is 5.11. The average molecular weight is 296 g/mol. The summed E-state index contributed by atoms with van der Waals surface area (Å²) in [6.45, 7) is 2.01. The van der Waals surface area contributed by atoms with Crippen LogP contribution in [-0.4, -0.2) is 22.3 Å². The van der Waals surface area contributed by atoms with Gasteiger partial charge < -0.3 is 5.73 Å². The van der Waals surface area contributed by atoms with Crippen LogP contribution in [0.3, 0.4) is 0 Å². The highest BCUT2D eigenvalue weighted by atomic mass is 32.2. The number of thioether (sulfide) groups is 1. The summed E-state index contributed by atoms with van der Waals surface area (Å²) >= 11 is 4.64. The molecule has 0 fully saturated rings. The van der Waals surface area contributed by atoms with Crippen molar-refractivity contribution >= 4 is 40.7 Å². The number of amidine groups is 1. The van der Waals surface area contributed by atoms with E-state index in [1.54, 1.807) is 23.1 Å². The van der Waals surface area contributed by atoms with E-state index in [2.05, 4.69) is 10.2 Å². The van der Waals surface area contributed by atoms with E-state index in [0.717, 1.165) is 24.7 Å². The third-order valence-corrected chi connectivity index (χ3v) is 5.45. The van der Waals surface area contributed by atoms with Crippen LogP contribution in [0.1, 0.15) is 11.1 Å². The summed E-state index contributed by atoms with van der Waals surface area (Å²) in [5, 5.41) is 15.8. The molecule has 0 bridgehead atoms. The van der Waals surface area contributed by atoms with Crippen molar-refractivity contribution in [3.05, 3.63) is 29.3 Å². The van der Waals surface area contributed by atoms with E-state index >= 15 is 0 Å². The second-order valence-corrected chi connectivity index (χ2v) is 6.79. The van der Waals surface area contributed by atoms with Crippen molar-refractivity contribution in [1.82, 2.24) is 10.2 Å². The maximum atomic E-state index is 7.61. The lowest BCUT2D eigenvalue weighted by Crippen LogP contribution is -2.12. The Balaban J connectivity index is 2.36. The standard InChI is InChI=1S/C11H12N4S3/c1-6-4-3-5-7(9(12)13)8(6)17-11-15-14-10(16-2)18-11/h3-5H,1-2H3,(H3,12,13). The van der Waals surface area contributed by atoms with Gasteiger partial charge in [-0.1, -0.05) is 53.1 Å². The van der Waals surface area contributed by atoms with E-state index in [-0.39, 0.29) is 5.84 Å². The monoisotopic (exact) mass is 296 g/mol. The zero-order valence-corrected chi connectivity index (χ0v) is 12.4. The highest BCUT2D eigenvalue weighted by molar-refractivity contribution is 8.03. The topological polar surface area (TPSA) is 75.7 Å². The molecular weight excluding hydrogens is 284 g/mol. The van der Waals surface area contributed by atoms with Crippen LogP contribution in [-0.2, 0) is 0 Å². The lowest BCUT2D eigenvalue weighted by atomic mass is 10.1. The Morgan fingerprint density at radius 2 is 2.06 bits per heavy atom. The molecule has 1 aromatic heterocycles. The van der Waals surface area contributed by atoms with Crippen LogP contribution in [0, 0.1) is 12.3 Å². The van der Waals surface area contributed by atoms with Crippen molar-refractivity contribution in [2.24, 2.45) is 5.73 Å². The smallest absolute Gasteiger partial charge is 0.179 e. The molecule has 94 valence electrons. The van der Waals surface area contributed by atoms with Gasteiger partial charge in [0.15, 0.2) is 8.68 Å². The number of hydrogen-bond acceptors (Lipinski definition) is 6. The normalized spacial score (nSPS) is 10.6. The number of benzene rings is 1. The summed E-state index contributed by atoms with van der Waals surface area (Å²) in [6, 6.07) is 5.77. The SMILES string of the molecule is CSc1nnc(Sc2c(C)cccc2C(=N)N)s1. The molecule has 7 heteroatoms. The fourth-order valence-corrected chi connectivity index (χ4v) is 4.00. The molecule has 0 aliphatic heterocycles. The largest absolute Gasteiger partial charge is 0.384 e. The molecule has 4 nitrogen and oxygen atoms in total. The van der Waals surface area contributed by atoms with Gasteiger partial charge in [-0.05, 0) is 18.7 Å². The number of aromatic nitrogens is 2. The Morgan fingerprint density at radius 3 is 2.67 bits per heavy atom. The first-order chi connectivity index (χ1) is 8.61. The summed E-state index contributed by atoms with van der Waals surface area (Å²) < 4.78 is 1.81. The highest BCUT2D eigenvalue weighted by Gasteiger charge is 2.12. The molecule has 0 atom stereocenters. The molecule has 0 saturated heterocycles. The van der Waals surface area contributed by atoms with Crippen molar-refractivity contribution < 1.29 is 0 Å². The van der Waals surface area contributed by atoms with Crippen LogP contribution in [0.15, 0.2) is 31.8 Å². The third kappa shape index (κ3) is 2.85. The van der Waals surface area contributed by atoms with Crippen LogP contribution in [0.5, 0.6) is 0 Å². The van der Waals surface area contributed by atoms with Crippen LogP contribution in [0.2, 0.25) is 0 Å². The number of aryl methyl sites for hydroxylation is 1. The van der Waals surface area contributed by atoms with E-state index in [1.165, 1.54) is 11.8 Å². The number of rotatable bonds is 4. The van der Waals surface area contributed by atoms with Gasteiger partial charge >= 0.3 is 0 Å². The van der Waals surface area contributed by atoms with Gasteiger partial charge in [-0.25, -0.2) is 0 Å². The van der Waals surface area contributed by atoms with Gasteiger partial charge in [-0.15, -0.1) is 10.2 Å². The molecule has 0 amide bonds. The van der Waals surface area contributed by atoms with E-state index in [4.69, 9.17) is 11.1 Å². The molecule has 0 aliphatic carbocycles. The van der Waals surface area contributed by atoms with E-state index in [9.17, 15) is 0 Å². The highest BCUT2D eigenvalue weighted by Crippen LogP contribution is 2.36. The molecule has 3 N–H and O–H groups in total. The third-order valence-electron chi connectivity index (χ3n) is 2.25. The second-order valence-electron chi connectivity index (χ2n) is 3.51. The van der Waals surface area contributed by atoms with E-state index in [0.29, 0.717) is 0 Å². The van der Waals surface area contributed by atoms with Crippen LogP contribution in [0.4, 0.5) is 0 Å². The number of nitrogens with one attached hydrogen (secondary N) is 1. The number of nitrogen functional groups attached to an aromatic ring is 1. The maximum absolute atomic E-state index is 7.61. The van der Waals surface area contributed by atoms with Crippen molar-refractivity contribution in [3.63, 3.8) is 0 Å². The Morgan fingerprint density at radius 1 is 1.33 bits per heavy atom. The minimum Gasteiger partial charge on any atom is -0.384 e. The molecule has 2 rings (SSSR count). The molecule has 1 heterocycles. The first kappa shape index (κ1) is 13.4. The van der Waals surface area contributed by atoms with E-state index < -0.39 is 0 Å². The van der Waals surface area contributed by atoms with Crippen molar-refractivity contribution in [2.75, 3.05) is 6.26 Å². The first-order valence-corrected chi connectivity index (χ1v) is 7.97. The van der Waals surface area contributed by atoms with Gasteiger partial charge in [0, 0.05) is 10.5 Å². The number of nitrogens with two attached hydrogens (primary N) is 1. The minimum atomic E-state index is 0.0794. The molecule has 0 radical (unpaired) electrons. The summed E-state index contributed by atoms with van der Waals surface area (Å²) in [7, 11) is 0. The molecule has 0 spiro atoms. The molecule has 18 heavy (non-hydrogen) atoms. The fraction of sp³-hybridized carbons (Fsp3) is 0.182. The Hall–Kier alpha value is -1.05. The zero-order chi connectivity index (χ0) is 13.1. The molecular formula is C11H12N4S3. The Labute approximate surface area is 118 Å². The minimum absolute atomic E-state index is 0.0794. The Bertz CT molecular complexity index is 579. The number of hydrogen-bond donors (Lipinski definition) is 2. The quantitative estimate of drug-likeness (QED) is 0.515. The maximum Gasteiger partial charge on any atom is 0.179 e. The predicted molar refractivity (Wildman–Crippen MR) is 78.0 cm³/mol. The van der Waals surface area contributed by atoms with Gasteiger partial charge in [0.1, 0.15) is 5.84 Å². The van der Waals surface area contributed by atoms with Gasteiger partial charge in [0.05, 0.1) is 0 Å². The van der Waals surface area contributed by atoms with Gasteiger partial charge in [-0.3, -0.25) is 5.41 Å². The predicted octanol–water partition coefficient (Wildman–Crippen LogP) is 3.00. The molecule has 0 saturated carbocycles. The Kier molecular flexibility index (Phi) is 4.26. The summed E-state index contributed by atoms with van der Waals surface area (Å²) in [4.78, 5) is 0.980. The van der Waals surface area contributed by atoms with Crippen molar-refractivity contribution in [3.8, 4) is 0 Å². The summed E-state index contributed by atoms with van der Waals surface area (Å²) in [5.41, 5.74) is 7.44. The van der Waals surface area contributed by atoms with Crippen LogP contribution >= 0.6 is 34.9 Å². The van der Waals surface area contributed by atoms with Gasteiger partial charge in [0.25, 0.3) is 0 Å². The molecule has 1 aromatic carbocycles. The zero-order valence-electron chi connectivity index (χ0n) is 9.93. The molecule has 0 unspecified atom stereocenters. The van der Waals surface area contributed by atoms with Crippen molar-refractivity contribution in [1.29, 1.82) is 5.41 Å². The average Bonchev–Trinajstić information content (AvgIpc) is 2.79. The lowest BCUT2D eigenvalue weighted by molar-refractivity contribution is 0.955. The molecule has 2 aromatic rings. The lowest BCUT2D eigenvalue weighted by Gasteiger charge is -2.08. The number of nitrogens with zero attached hydrogens (tertiary/aromatic N) is 2. The van der Waals surface area contributed by atoms with E-state index in [1.807, 2.05) is 31.4 Å².